The van der Waals surface area contributed by atoms with Crippen molar-refractivity contribution >= 4 is 68.1 Å². The van der Waals surface area contributed by atoms with E-state index in [2.05, 4.69) is 30.7 Å². The second-order valence-electron chi connectivity index (χ2n) is 5.52. The van der Waals surface area contributed by atoms with E-state index in [-0.39, 0.29) is 26.6 Å². The Morgan fingerprint density at radius 1 is 0.966 bits per heavy atom. The third kappa shape index (κ3) is 8.17. The summed E-state index contributed by atoms with van der Waals surface area (Å²) in [6.45, 7) is 1.89. The Labute approximate surface area is 179 Å². The van der Waals surface area contributed by atoms with Crippen molar-refractivity contribution < 1.29 is 27.5 Å². The van der Waals surface area contributed by atoms with Crippen LogP contribution >= 0.6 is 24.4 Å². The number of benzene rings is 1. The van der Waals surface area contributed by atoms with Gasteiger partial charge in [0, 0.05) is 0 Å². The van der Waals surface area contributed by atoms with Gasteiger partial charge in [-0.2, -0.15) is 0 Å². The van der Waals surface area contributed by atoms with Gasteiger partial charge in [0.25, 0.3) is 0 Å². The Morgan fingerprint density at radius 2 is 1.48 bits per heavy atom. The maximum absolute atomic E-state index is 12.5. The Bertz CT molecular complexity index is 889. The van der Waals surface area contributed by atoms with Gasteiger partial charge in [0.05, 0.1) is 36.2 Å². The number of carbonyl (C=O) groups is 2. The molecule has 0 atom stereocenters. The van der Waals surface area contributed by atoms with E-state index >= 15 is 0 Å². The summed E-state index contributed by atoms with van der Waals surface area (Å²) in [5.41, 5.74) is 0.507. The van der Waals surface area contributed by atoms with Crippen LogP contribution in [0.3, 0.4) is 0 Å². The first-order valence-corrected chi connectivity index (χ1v) is 10.8. The molecule has 160 valence electrons. The third-order valence-corrected chi connectivity index (χ3v) is 5.62. The molecule has 0 radical (unpaired) electrons. The van der Waals surface area contributed by atoms with Crippen LogP contribution in [0.2, 0.25) is 0 Å². The highest BCUT2D eigenvalue weighted by atomic mass is 32.2. The molecule has 0 heterocycles. The van der Waals surface area contributed by atoms with Crippen molar-refractivity contribution in [3.63, 3.8) is 0 Å². The smallest absolute Gasteiger partial charge is 0.413 e. The van der Waals surface area contributed by atoms with Gasteiger partial charge in [-0.3, -0.25) is 10.6 Å². The van der Waals surface area contributed by atoms with Crippen LogP contribution in [0.25, 0.3) is 0 Å². The summed E-state index contributed by atoms with van der Waals surface area (Å²) in [6, 6.07) is 4.20. The summed E-state index contributed by atoms with van der Waals surface area (Å²) in [4.78, 5) is 22.7. The van der Waals surface area contributed by atoms with Crippen LogP contribution in [0.1, 0.15) is 19.8 Å². The largest absolute Gasteiger partial charge is 0.453 e. The van der Waals surface area contributed by atoms with Gasteiger partial charge < -0.3 is 20.1 Å². The number of amides is 2. The highest BCUT2D eigenvalue weighted by molar-refractivity contribution is 7.91. The van der Waals surface area contributed by atoms with E-state index in [1.165, 1.54) is 32.4 Å². The Morgan fingerprint density at radius 3 is 1.97 bits per heavy atom. The third-order valence-electron chi connectivity index (χ3n) is 3.42. The molecule has 0 aliphatic rings. The molecule has 1 aromatic carbocycles. The van der Waals surface area contributed by atoms with E-state index in [0.717, 1.165) is 6.42 Å². The average Bonchev–Trinajstić information content (AvgIpc) is 2.67. The van der Waals surface area contributed by atoms with Crippen molar-refractivity contribution in [2.75, 3.05) is 30.6 Å². The minimum Gasteiger partial charge on any atom is -0.453 e. The van der Waals surface area contributed by atoms with E-state index in [1.807, 2.05) is 6.92 Å². The van der Waals surface area contributed by atoms with Gasteiger partial charge in [-0.1, -0.05) is 13.3 Å². The predicted octanol–water partition coefficient (Wildman–Crippen LogP) is 2.37. The molecule has 0 bridgehead atoms. The second kappa shape index (κ2) is 11.5. The standard InChI is InChI=1S/C16H22N4O6S3/c1-4-5-8-29(23,24)10-6-7-11(17-13(27)19-15(21)25-2)12(9-10)18-14(28)20-16(22)26-3/h6-7,9H,4-5,8H2,1-3H3,(H2,17,19,21,27)(H2,18,20,22,28). The molecular formula is C16H22N4O6S3. The molecule has 0 spiro atoms. The zero-order chi connectivity index (χ0) is 22.0. The van der Waals surface area contributed by atoms with Crippen LogP contribution in [0, 0.1) is 0 Å². The van der Waals surface area contributed by atoms with Crippen molar-refractivity contribution in [2.45, 2.75) is 24.7 Å². The fourth-order valence-corrected chi connectivity index (χ4v) is 3.84. The van der Waals surface area contributed by atoms with E-state index in [4.69, 9.17) is 24.4 Å². The lowest BCUT2D eigenvalue weighted by Gasteiger charge is -2.16. The number of anilines is 2. The maximum atomic E-state index is 12.5. The number of thiocarbonyl (C=S) groups is 2. The topological polar surface area (TPSA) is 135 Å². The van der Waals surface area contributed by atoms with Gasteiger partial charge in [0.15, 0.2) is 20.1 Å². The van der Waals surface area contributed by atoms with Crippen LogP contribution < -0.4 is 21.3 Å². The van der Waals surface area contributed by atoms with E-state index in [1.54, 1.807) is 0 Å². The number of sulfone groups is 1. The molecule has 13 heteroatoms. The summed E-state index contributed by atoms with van der Waals surface area (Å²) in [5, 5.41) is 9.73. The lowest BCUT2D eigenvalue weighted by molar-refractivity contribution is 0.176. The van der Waals surface area contributed by atoms with Gasteiger partial charge in [-0.15, -0.1) is 0 Å². The van der Waals surface area contributed by atoms with Gasteiger partial charge in [0.2, 0.25) is 0 Å². The molecule has 0 saturated heterocycles. The lowest BCUT2D eigenvalue weighted by atomic mass is 10.2. The molecule has 1 rings (SSSR count). The van der Waals surface area contributed by atoms with Crippen LogP contribution in [0.15, 0.2) is 23.1 Å². The molecule has 0 aliphatic carbocycles. The first kappa shape index (κ1) is 24.5. The normalized spacial score (nSPS) is 10.4. The van der Waals surface area contributed by atoms with Gasteiger partial charge in [-0.25, -0.2) is 18.0 Å². The number of rotatable bonds is 6. The molecule has 29 heavy (non-hydrogen) atoms. The Balaban J connectivity index is 3.19. The fourth-order valence-electron chi connectivity index (χ4n) is 1.98. The Hall–Kier alpha value is -2.51. The summed E-state index contributed by atoms with van der Waals surface area (Å²) >= 11 is 10.0. The zero-order valence-corrected chi connectivity index (χ0v) is 18.5. The predicted molar refractivity (Wildman–Crippen MR) is 117 cm³/mol. The first-order chi connectivity index (χ1) is 13.6. The van der Waals surface area contributed by atoms with Gasteiger partial charge in [-0.05, 0) is 49.1 Å². The molecule has 4 N–H and O–H groups in total. The zero-order valence-electron chi connectivity index (χ0n) is 16.0. The number of hydrogen-bond acceptors (Lipinski definition) is 8. The highest BCUT2D eigenvalue weighted by Gasteiger charge is 2.18. The van der Waals surface area contributed by atoms with Crippen LogP contribution in [0.4, 0.5) is 21.0 Å². The molecule has 0 unspecified atom stereocenters. The van der Waals surface area contributed by atoms with E-state index in [9.17, 15) is 18.0 Å². The minimum atomic E-state index is -3.52. The maximum Gasteiger partial charge on any atom is 0.413 e. The summed E-state index contributed by atoms with van der Waals surface area (Å²) < 4.78 is 33.9. The molecule has 10 nitrogen and oxygen atoms in total. The molecule has 2 amide bonds. The SMILES string of the molecule is CCCCS(=O)(=O)c1ccc(NC(=S)NC(=O)OC)c(NC(=S)NC(=O)OC)c1. The number of nitrogens with one attached hydrogen (secondary N) is 4. The van der Waals surface area contributed by atoms with Crippen molar-refractivity contribution in [3.8, 4) is 0 Å². The van der Waals surface area contributed by atoms with Crippen LogP contribution in [-0.2, 0) is 19.3 Å². The quantitative estimate of drug-likeness (QED) is 0.467. The van der Waals surface area contributed by atoms with Gasteiger partial charge >= 0.3 is 12.2 Å². The number of ether oxygens (including phenoxy) is 2. The minimum absolute atomic E-state index is 0.0110. The van der Waals surface area contributed by atoms with E-state index in [0.29, 0.717) is 12.1 Å². The molecule has 0 saturated carbocycles. The van der Waals surface area contributed by atoms with Gasteiger partial charge in [0.1, 0.15) is 0 Å². The number of carbonyl (C=O) groups excluding carboxylic acids is 2. The number of alkyl carbamates (subject to hydrolysis) is 2. The molecule has 1 aromatic rings. The highest BCUT2D eigenvalue weighted by Crippen LogP contribution is 2.26. The number of hydrogen-bond donors (Lipinski definition) is 4. The van der Waals surface area contributed by atoms with Crippen molar-refractivity contribution in [1.82, 2.24) is 10.6 Å². The average molecular weight is 463 g/mol. The molecule has 0 fully saturated rings. The van der Waals surface area contributed by atoms with E-state index < -0.39 is 22.0 Å². The molecular weight excluding hydrogens is 440 g/mol. The number of unbranched alkanes of at least 4 members (excludes halogenated alkanes) is 1. The Kier molecular flexibility index (Phi) is 9.71. The first-order valence-electron chi connectivity index (χ1n) is 8.31. The molecule has 0 aromatic heterocycles. The molecule has 0 aliphatic heterocycles. The summed E-state index contributed by atoms with van der Waals surface area (Å²) in [6.07, 6.45) is -0.337. The van der Waals surface area contributed by atoms with Crippen molar-refractivity contribution in [2.24, 2.45) is 0 Å². The lowest BCUT2D eigenvalue weighted by Crippen LogP contribution is -2.35. The van der Waals surface area contributed by atoms with Crippen molar-refractivity contribution in [1.29, 1.82) is 0 Å². The summed E-state index contributed by atoms with van der Waals surface area (Å²) in [7, 11) is -1.17. The fraction of sp³-hybridized carbons (Fsp3) is 0.375. The monoisotopic (exact) mass is 462 g/mol. The van der Waals surface area contributed by atoms with Crippen LogP contribution in [-0.4, -0.2) is 50.8 Å². The van der Waals surface area contributed by atoms with Crippen molar-refractivity contribution in [3.05, 3.63) is 18.2 Å². The summed E-state index contributed by atoms with van der Waals surface area (Å²) in [5.74, 6) is -0.0110. The number of methoxy groups -OCH3 is 2. The van der Waals surface area contributed by atoms with Crippen LogP contribution in [0.5, 0.6) is 0 Å². The second-order valence-corrected chi connectivity index (χ2v) is 8.45.